The third-order valence-corrected chi connectivity index (χ3v) is 4.21. The lowest BCUT2D eigenvalue weighted by Crippen LogP contribution is -2.59. The van der Waals surface area contributed by atoms with Crippen molar-refractivity contribution in [1.82, 2.24) is 0 Å². The lowest BCUT2D eigenvalue weighted by molar-refractivity contribution is -0.220. The molecule has 0 bridgehead atoms. The second kappa shape index (κ2) is 4.17. The summed E-state index contributed by atoms with van der Waals surface area (Å²) in [7, 11) is 0. The molecule has 1 aliphatic carbocycles. The average molecular weight is 230 g/mol. The fraction of sp³-hybridized carbons (Fsp3) is 0.533. The molecule has 1 aromatic rings. The normalized spacial score (nSPS) is 26.4. The van der Waals surface area contributed by atoms with Gasteiger partial charge in [0.2, 0.25) is 0 Å². The molecule has 0 aromatic heterocycles. The zero-order chi connectivity index (χ0) is 11.7. The summed E-state index contributed by atoms with van der Waals surface area (Å²) in [4.78, 5) is 11.7. The molecule has 1 heterocycles. The van der Waals surface area contributed by atoms with E-state index in [0.29, 0.717) is 0 Å². The van der Waals surface area contributed by atoms with Gasteiger partial charge in [0.15, 0.2) is 0 Å². The van der Waals surface area contributed by atoms with E-state index in [1.54, 1.807) is 0 Å². The molecule has 0 amide bonds. The van der Waals surface area contributed by atoms with E-state index in [0.717, 1.165) is 19.3 Å². The molecule has 0 radical (unpaired) electrons. The molecule has 0 N–H and O–H groups in total. The Balaban J connectivity index is 1.75. The van der Waals surface area contributed by atoms with Crippen molar-refractivity contribution in [3.63, 3.8) is 0 Å². The Morgan fingerprint density at radius 2 is 1.82 bits per heavy atom. The van der Waals surface area contributed by atoms with Crippen molar-refractivity contribution in [2.45, 2.75) is 44.1 Å². The van der Waals surface area contributed by atoms with E-state index in [9.17, 15) is 4.79 Å². The largest absolute Gasteiger partial charge is 0.458 e. The van der Waals surface area contributed by atoms with Crippen LogP contribution in [0.4, 0.5) is 0 Å². The van der Waals surface area contributed by atoms with Crippen molar-refractivity contribution in [3.8, 4) is 0 Å². The Morgan fingerprint density at radius 3 is 2.47 bits per heavy atom. The average Bonchev–Trinajstić information content (AvgIpc) is 2.39. The smallest absolute Gasteiger partial charge is 0.313 e. The first-order valence-electron chi connectivity index (χ1n) is 6.57. The lowest BCUT2D eigenvalue weighted by Gasteiger charge is -2.50. The second-order valence-electron chi connectivity index (χ2n) is 5.29. The van der Waals surface area contributed by atoms with Crippen molar-refractivity contribution in [2.24, 2.45) is 5.92 Å². The van der Waals surface area contributed by atoms with Crippen molar-refractivity contribution in [3.05, 3.63) is 35.9 Å². The van der Waals surface area contributed by atoms with Crippen LogP contribution in [0.5, 0.6) is 0 Å². The third-order valence-electron chi connectivity index (χ3n) is 4.21. The van der Waals surface area contributed by atoms with Crippen LogP contribution in [0.15, 0.2) is 30.3 Å². The van der Waals surface area contributed by atoms with Gasteiger partial charge >= 0.3 is 5.97 Å². The van der Waals surface area contributed by atoms with Gasteiger partial charge in [-0.3, -0.25) is 4.79 Å². The maximum atomic E-state index is 11.7. The fourth-order valence-electron chi connectivity index (χ4n) is 3.22. The number of hydrogen-bond acceptors (Lipinski definition) is 2. The second-order valence-corrected chi connectivity index (χ2v) is 5.29. The summed E-state index contributed by atoms with van der Waals surface area (Å²) in [6.45, 7) is 0. The van der Waals surface area contributed by atoms with Gasteiger partial charge in [-0.2, -0.15) is 0 Å². The minimum Gasteiger partial charge on any atom is -0.458 e. The number of hydrogen-bond donors (Lipinski definition) is 0. The number of carbonyl (C=O) groups excluding carboxylic acids is 1. The molecule has 17 heavy (non-hydrogen) atoms. The molecule has 3 rings (SSSR count). The van der Waals surface area contributed by atoms with E-state index in [-0.39, 0.29) is 17.5 Å². The first-order valence-corrected chi connectivity index (χ1v) is 6.57. The van der Waals surface area contributed by atoms with Crippen LogP contribution in [-0.4, -0.2) is 11.6 Å². The first-order chi connectivity index (χ1) is 8.30. The molecule has 1 saturated carbocycles. The highest BCUT2D eigenvalue weighted by atomic mass is 16.6. The standard InChI is InChI=1S/C15H18O2/c16-14-13(11-12-7-3-1-4-8-12)15(17-14)9-5-2-6-10-15/h1,3-4,7-8,13H,2,5-6,9-11H2/t13-/m0/s1. The molecule has 1 saturated heterocycles. The highest BCUT2D eigenvalue weighted by molar-refractivity contribution is 5.80. The van der Waals surface area contributed by atoms with Gasteiger partial charge in [0.1, 0.15) is 11.5 Å². The number of benzene rings is 1. The molecule has 1 aliphatic heterocycles. The van der Waals surface area contributed by atoms with Crippen LogP contribution in [0, 0.1) is 5.92 Å². The van der Waals surface area contributed by atoms with Crippen molar-refractivity contribution in [2.75, 3.05) is 0 Å². The van der Waals surface area contributed by atoms with Crippen LogP contribution in [-0.2, 0) is 16.0 Å². The summed E-state index contributed by atoms with van der Waals surface area (Å²) < 4.78 is 5.51. The molecular formula is C15H18O2. The van der Waals surface area contributed by atoms with E-state index in [1.807, 2.05) is 18.2 Å². The maximum Gasteiger partial charge on any atom is 0.313 e. The van der Waals surface area contributed by atoms with Crippen LogP contribution in [0.25, 0.3) is 0 Å². The number of carbonyl (C=O) groups is 1. The minimum atomic E-state index is -0.106. The molecule has 90 valence electrons. The molecule has 2 nitrogen and oxygen atoms in total. The van der Waals surface area contributed by atoms with Crippen molar-refractivity contribution in [1.29, 1.82) is 0 Å². The van der Waals surface area contributed by atoms with Gasteiger partial charge < -0.3 is 4.74 Å². The van der Waals surface area contributed by atoms with Crippen LogP contribution in [0.3, 0.4) is 0 Å². The highest BCUT2D eigenvalue weighted by Crippen LogP contribution is 2.46. The van der Waals surface area contributed by atoms with Gasteiger partial charge in [0, 0.05) is 0 Å². The Labute approximate surface area is 102 Å². The molecule has 2 aliphatic rings. The number of rotatable bonds is 2. The molecular weight excluding hydrogens is 212 g/mol. The minimum absolute atomic E-state index is 0.00996. The third kappa shape index (κ3) is 1.86. The van der Waals surface area contributed by atoms with Crippen molar-refractivity contribution >= 4 is 5.97 Å². The Bertz CT molecular complexity index is 404. The molecule has 0 unspecified atom stereocenters. The molecule has 1 atom stereocenters. The lowest BCUT2D eigenvalue weighted by atomic mass is 9.69. The van der Waals surface area contributed by atoms with Crippen LogP contribution in [0.1, 0.15) is 37.7 Å². The Kier molecular flexibility index (Phi) is 2.65. The molecule has 1 aromatic carbocycles. The van der Waals surface area contributed by atoms with Crippen LogP contribution in [0.2, 0.25) is 0 Å². The van der Waals surface area contributed by atoms with Gasteiger partial charge in [-0.25, -0.2) is 0 Å². The van der Waals surface area contributed by atoms with Crippen LogP contribution < -0.4 is 0 Å². The number of ether oxygens (including phenoxy) is 1. The first kappa shape index (κ1) is 10.8. The zero-order valence-corrected chi connectivity index (χ0v) is 10.0. The van der Waals surface area contributed by atoms with Gasteiger partial charge in [-0.15, -0.1) is 0 Å². The summed E-state index contributed by atoms with van der Waals surface area (Å²) in [5.41, 5.74) is 1.14. The van der Waals surface area contributed by atoms with Gasteiger partial charge in [0.05, 0.1) is 0 Å². The monoisotopic (exact) mass is 230 g/mol. The summed E-state index contributed by atoms with van der Waals surface area (Å²) in [6.07, 6.45) is 6.68. The van der Waals surface area contributed by atoms with E-state index < -0.39 is 0 Å². The molecule has 1 spiro atoms. The van der Waals surface area contributed by atoms with Gasteiger partial charge in [-0.1, -0.05) is 36.8 Å². The predicted octanol–water partition coefficient (Wildman–Crippen LogP) is 3.11. The van der Waals surface area contributed by atoms with E-state index in [4.69, 9.17) is 4.74 Å². The fourth-order valence-corrected chi connectivity index (χ4v) is 3.22. The topological polar surface area (TPSA) is 26.3 Å². The van der Waals surface area contributed by atoms with Gasteiger partial charge in [0.25, 0.3) is 0 Å². The Hall–Kier alpha value is -1.31. The summed E-state index contributed by atoms with van der Waals surface area (Å²) in [5, 5.41) is 0. The summed E-state index contributed by atoms with van der Waals surface area (Å²) in [6, 6.07) is 10.3. The van der Waals surface area contributed by atoms with E-state index >= 15 is 0 Å². The molecule has 2 fully saturated rings. The SMILES string of the molecule is O=C1OC2(CCCCC2)[C@H]1Cc1ccccc1. The molecule has 2 heteroatoms. The van der Waals surface area contributed by atoms with Crippen molar-refractivity contribution < 1.29 is 9.53 Å². The maximum absolute atomic E-state index is 11.7. The number of esters is 1. The van der Waals surface area contributed by atoms with E-state index in [1.165, 1.54) is 24.8 Å². The quantitative estimate of drug-likeness (QED) is 0.730. The predicted molar refractivity (Wildman–Crippen MR) is 65.5 cm³/mol. The zero-order valence-electron chi connectivity index (χ0n) is 10.0. The van der Waals surface area contributed by atoms with Gasteiger partial charge in [-0.05, 0) is 37.7 Å². The highest BCUT2D eigenvalue weighted by Gasteiger charge is 2.55. The summed E-state index contributed by atoms with van der Waals surface area (Å²) in [5.74, 6) is 0.112. The summed E-state index contributed by atoms with van der Waals surface area (Å²) >= 11 is 0. The van der Waals surface area contributed by atoms with E-state index in [2.05, 4.69) is 12.1 Å². The van der Waals surface area contributed by atoms with Crippen LogP contribution >= 0.6 is 0 Å². The Morgan fingerprint density at radius 1 is 1.12 bits per heavy atom.